The van der Waals surface area contributed by atoms with Gasteiger partial charge in [-0.3, -0.25) is 4.79 Å². The number of amides is 1. The number of hydrogen-bond donors (Lipinski definition) is 1. The van der Waals surface area contributed by atoms with E-state index < -0.39 is 0 Å². The topological polar surface area (TPSA) is 20.3 Å². The smallest absolute Gasteiger partial charge is 0.282 e. The van der Waals surface area contributed by atoms with E-state index in [0.29, 0.717) is 0 Å². The van der Waals surface area contributed by atoms with Crippen LogP contribution < -0.4 is 4.90 Å². The highest BCUT2D eigenvalue weighted by Crippen LogP contribution is 2.32. The lowest BCUT2D eigenvalue weighted by molar-refractivity contribution is 0.266. The minimum atomic E-state index is -0.242. The number of rotatable bonds is 1. The number of carbonyl (C=O) groups is 1. The molecule has 1 amide bonds. The molecule has 0 saturated heterocycles. The number of thiol groups is 1. The van der Waals surface area contributed by atoms with Crippen LogP contribution in [0.1, 0.15) is 0 Å². The van der Waals surface area contributed by atoms with Crippen LogP contribution in [0.3, 0.4) is 0 Å². The lowest BCUT2D eigenvalue weighted by atomic mass is 10.2. The Hall–Kier alpha value is -1.00. The SMILES string of the molecule is CN(C(=O)S)c1csc2ccccc12. The van der Waals surface area contributed by atoms with Crippen LogP contribution in [0.2, 0.25) is 0 Å². The summed E-state index contributed by atoms with van der Waals surface area (Å²) < 4.78 is 1.18. The summed E-state index contributed by atoms with van der Waals surface area (Å²) in [6.07, 6.45) is 0. The Morgan fingerprint density at radius 1 is 1.43 bits per heavy atom. The summed E-state index contributed by atoms with van der Waals surface area (Å²) in [7, 11) is 1.73. The average Bonchev–Trinajstić information content (AvgIpc) is 2.60. The van der Waals surface area contributed by atoms with Gasteiger partial charge < -0.3 is 4.90 Å². The normalized spacial score (nSPS) is 10.4. The molecular weight excluding hydrogens is 214 g/mol. The Kier molecular flexibility index (Phi) is 2.48. The standard InChI is InChI=1S/C10H9NOS2/c1-11(10(12)13)8-6-14-9-5-3-2-4-7(8)9/h2-6H,1H3,(H,12,13). The number of hydrogen-bond acceptors (Lipinski definition) is 2. The largest absolute Gasteiger partial charge is 0.305 e. The summed E-state index contributed by atoms with van der Waals surface area (Å²) in [5, 5.41) is 2.83. The van der Waals surface area contributed by atoms with E-state index in [-0.39, 0.29) is 5.24 Å². The molecule has 1 aromatic carbocycles. The fraction of sp³-hybridized carbons (Fsp3) is 0.100. The Labute approximate surface area is 91.6 Å². The van der Waals surface area contributed by atoms with Crippen molar-refractivity contribution < 1.29 is 4.79 Å². The summed E-state index contributed by atoms with van der Waals surface area (Å²) in [6.45, 7) is 0. The molecule has 0 radical (unpaired) electrons. The lowest BCUT2D eigenvalue weighted by Crippen LogP contribution is -2.18. The predicted octanol–water partition coefficient (Wildman–Crippen LogP) is 3.39. The Morgan fingerprint density at radius 2 is 2.14 bits per heavy atom. The maximum atomic E-state index is 11.1. The van der Waals surface area contributed by atoms with Crippen molar-refractivity contribution in [1.82, 2.24) is 0 Å². The van der Waals surface area contributed by atoms with Crippen molar-refractivity contribution in [3.63, 3.8) is 0 Å². The molecule has 72 valence electrons. The minimum Gasteiger partial charge on any atom is -0.305 e. The summed E-state index contributed by atoms with van der Waals surface area (Å²) in [4.78, 5) is 12.6. The molecule has 0 N–H and O–H groups in total. The number of carbonyl (C=O) groups excluding carboxylic acids is 1. The molecule has 2 nitrogen and oxygen atoms in total. The van der Waals surface area contributed by atoms with E-state index in [1.165, 1.54) is 4.70 Å². The molecule has 1 aromatic heterocycles. The molecular formula is C10H9NOS2. The van der Waals surface area contributed by atoms with Gasteiger partial charge in [-0.25, -0.2) is 0 Å². The summed E-state index contributed by atoms with van der Waals surface area (Å²) >= 11 is 5.43. The summed E-state index contributed by atoms with van der Waals surface area (Å²) in [6, 6.07) is 8.01. The Balaban J connectivity index is 2.58. The van der Waals surface area contributed by atoms with Gasteiger partial charge in [0.1, 0.15) is 0 Å². The first kappa shape index (κ1) is 9.55. The van der Waals surface area contributed by atoms with Gasteiger partial charge in [-0.05, 0) is 6.07 Å². The molecule has 0 spiro atoms. The second-order valence-corrected chi connectivity index (χ2v) is 4.25. The van der Waals surface area contributed by atoms with Gasteiger partial charge in [0.25, 0.3) is 5.24 Å². The molecule has 14 heavy (non-hydrogen) atoms. The summed E-state index contributed by atoms with van der Waals surface area (Å²) in [5.74, 6) is 0. The lowest BCUT2D eigenvalue weighted by Gasteiger charge is -2.12. The summed E-state index contributed by atoms with van der Waals surface area (Å²) in [5.41, 5.74) is 0.922. The molecule has 0 bridgehead atoms. The van der Waals surface area contributed by atoms with Crippen molar-refractivity contribution in [3.8, 4) is 0 Å². The van der Waals surface area contributed by atoms with Crippen LogP contribution in [0, 0.1) is 0 Å². The number of anilines is 1. The monoisotopic (exact) mass is 223 g/mol. The Morgan fingerprint density at radius 3 is 2.86 bits per heavy atom. The molecule has 2 rings (SSSR count). The predicted molar refractivity (Wildman–Crippen MR) is 64.6 cm³/mol. The molecule has 4 heteroatoms. The first-order valence-corrected chi connectivity index (χ1v) is 5.45. The van der Waals surface area contributed by atoms with Crippen LogP contribution in [0.25, 0.3) is 10.1 Å². The highest BCUT2D eigenvalue weighted by molar-refractivity contribution is 7.96. The quantitative estimate of drug-likeness (QED) is 0.735. The van der Waals surface area contributed by atoms with Crippen molar-refractivity contribution in [1.29, 1.82) is 0 Å². The van der Waals surface area contributed by atoms with Crippen molar-refractivity contribution in [2.24, 2.45) is 0 Å². The van der Waals surface area contributed by atoms with Crippen molar-refractivity contribution in [2.45, 2.75) is 0 Å². The molecule has 0 fully saturated rings. The molecule has 2 aromatic rings. The van der Waals surface area contributed by atoms with E-state index in [0.717, 1.165) is 11.1 Å². The van der Waals surface area contributed by atoms with Crippen LogP contribution in [0.5, 0.6) is 0 Å². The van der Waals surface area contributed by atoms with Crippen molar-refractivity contribution in [3.05, 3.63) is 29.6 Å². The van der Waals surface area contributed by atoms with Crippen LogP contribution in [-0.4, -0.2) is 12.3 Å². The number of thiophene rings is 1. The molecule has 0 atom stereocenters. The van der Waals surface area contributed by atoms with E-state index in [1.807, 2.05) is 29.6 Å². The zero-order valence-electron chi connectivity index (χ0n) is 7.60. The van der Waals surface area contributed by atoms with Gasteiger partial charge in [0.2, 0.25) is 0 Å². The third-order valence-electron chi connectivity index (χ3n) is 2.11. The molecule has 0 aliphatic rings. The third kappa shape index (κ3) is 1.51. The van der Waals surface area contributed by atoms with Crippen molar-refractivity contribution >= 4 is 45.0 Å². The van der Waals surface area contributed by atoms with E-state index >= 15 is 0 Å². The second kappa shape index (κ2) is 3.63. The first-order chi connectivity index (χ1) is 6.70. The van der Waals surface area contributed by atoms with Crippen LogP contribution in [-0.2, 0) is 0 Å². The maximum absolute atomic E-state index is 11.1. The van der Waals surface area contributed by atoms with Gasteiger partial charge in [0.05, 0.1) is 5.69 Å². The fourth-order valence-electron chi connectivity index (χ4n) is 1.33. The molecule has 0 unspecified atom stereocenters. The molecule has 0 aliphatic carbocycles. The first-order valence-electron chi connectivity index (χ1n) is 4.13. The molecule has 0 aliphatic heterocycles. The van der Waals surface area contributed by atoms with Crippen LogP contribution in [0.15, 0.2) is 29.6 Å². The average molecular weight is 223 g/mol. The zero-order chi connectivity index (χ0) is 10.1. The van der Waals surface area contributed by atoms with Crippen LogP contribution in [0.4, 0.5) is 10.5 Å². The number of nitrogens with zero attached hydrogens (tertiary/aromatic N) is 1. The van der Waals surface area contributed by atoms with Gasteiger partial charge in [-0.1, -0.05) is 30.8 Å². The van der Waals surface area contributed by atoms with Crippen molar-refractivity contribution in [2.75, 3.05) is 11.9 Å². The second-order valence-electron chi connectivity index (χ2n) is 2.96. The van der Waals surface area contributed by atoms with Gasteiger partial charge >= 0.3 is 0 Å². The van der Waals surface area contributed by atoms with E-state index in [1.54, 1.807) is 23.3 Å². The maximum Gasteiger partial charge on any atom is 0.282 e. The minimum absolute atomic E-state index is 0.242. The van der Waals surface area contributed by atoms with Gasteiger partial charge in [0, 0.05) is 22.5 Å². The number of fused-ring (bicyclic) bond motifs is 1. The number of benzene rings is 1. The van der Waals surface area contributed by atoms with Crippen LogP contribution >= 0.6 is 24.0 Å². The molecule has 1 heterocycles. The highest BCUT2D eigenvalue weighted by Gasteiger charge is 2.11. The Bertz CT molecular complexity index is 478. The molecule has 0 saturated carbocycles. The van der Waals surface area contributed by atoms with Gasteiger partial charge in [-0.2, -0.15) is 0 Å². The van der Waals surface area contributed by atoms with E-state index in [9.17, 15) is 4.79 Å². The van der Waals surface area contributed by atoms with E-state index in [4.69, 9.17) is 0 Å². The van der Waals surface area contributed by atoms with Gasteiger partial charge in [0.15, 0.2) is 0 Å². The highest BCUT2D eigenvalue weighted by atomic mass is 32.1. The fourth-order valence-corrected chi connectivity index (χ4v) is 2.41. The zero-order valence-corrected chi connectivity index (χ0v) is 9.31. The third-order valence-corrected chi connectivity index (χ3v) is 3.36. The van der Waals surface area contributed by atoms with Gasteiger partial charge in [-0.15, -0.1) is 11.3 Å². The van der Waals surface area contributed by atoms with E-state index in [2.05, 4.69) is 12.6 Å².